The standard InChI is InChI=1S/C43H51N3S3/c1-7-9-11-13-15-30-25-39(47-29(30)6)35-21-22-36(42-41(35)44-49-45-42)40-26-31(16-14-12-10-8-2)43(48-40)32-18-20-34-33-19-17-28(5)23-37(33)46(27(3)4)38(34)24-32/h17-23,25-27,38H,7-16,24H2,1-6H3. The van der Waals surface area contributed by atoms with E-state index in [-0.39, 0.29) is 0 Å². The molecule has 256 valence electrons. The Hall–Kier alpha value is -3.06. The molecular formula is C43H51N3S3. The summed E-state index contributed by atoms with van der Waals surface area (Å²) >= 11 is 5.25. The van der Waals surface area contributed by atoms with Gasteiger partial charge in [0.25, 0.3) is 0 Å². The predicted octanol–water partition coefficient (Wildman–Crippen LogP) is 13.5. The molecule has 5 aromatic rings. The maximum Gasteiger partial charge on any atom is 0.114 e. The van der Waals surface area contributed by atoms with E-state index >= 15 is 0 Å². The summed E-state index contributed by atoms with van der Waals surface area (Å²) in [6.45, 7) is 13.8. The van der Waals surface area contributed by atoms with Crippen molar-refractivity contribution in [3.63, 3.8) is 0 Å². The van der Waals surface area contributed by atoms with Gasteiger partial charge in [-0.1, -0.05) is 88.8 Å². The lowest BCUT2D eigenvalue weighted by atomic mass is 9.89. The zero-order valence-corrected chi connectivity index (χ0v) is 32.6. The highest BCUT2D eigenvalue weighted by molar-refractivity contribution is 7.17. The molecule has 3 aromatic heterocycles. The minimum absolute atomic E-state index is 0.384. The Bertz CT molecular complexity index is 2000. The smallest absolute Gasteiger partial charge is 0.114 e. The van der Waals surface area contributed by atoms with Gasteiger partial charge < -0.3 is 4.90 Å². The van der Waals surface area contributed by atoms with E-state index in [2.05, 4.69) is 101 Å². The number of aromatic nitrogens is 2. The maximum atomic E-state index is 4.93. The molecule has 0 fully saturated rings. The zero-order valence-electron chi connectivity index (χ0n) is 30.2. The van der Waals surface area contributed by atoms with E-state index < -0.39 is 0 Å². The van der Waals surface area contributed by atoms with Gasteiger partial charge in [-0.2, -0.15) is 8.75 Å². The number of hydrogen-bond donors (Lipinski definition) is 0. The largest absolute Gasteiger partial charge is 0.361 e. The lowest BCUT2D eigenvalue weighted by Crippen LogP contribution is -2.38. The zero-order chi connectivity index (χ0) is 34.1. The van der Waals surface area contributed by atoms with Crippen molar-refractivity contribution in [3.05, 3.63) is 86.6 Å². The van der Waals surface area contributed by atoms with Gasteiger partial charge in [0.1, 0.15) is 11.0 Å². The van der Waals surface area contributed by atoms with Crippen LogP contribution in [0.1, 0.15) is 117 Å². The van der Waals surface area contributed by atoms with Crippen LogP contribution in [0.25, 0.3) is 43.1 Å². The monoisotopic (exact) mass is 705 g/mol. The van der Waals surface area contributed by atoms with E-state index in [1.807, 2.05) is 22.7 Å². The van der Waals surface area contributed by atoms with Crippen molar-refractivity contribution < 1.29 is 0 Å². The normalized spacial score (nSPS) is 15.7. The summed E-state index contributed by atoms with van der Waals surface area (Å²) in [6.07, 6.45) is 18.5. The maximum absolute atomic E-state index is 4.93. The topological polar surface area (TPSA) is 29.0 Å². The molecule has 6 heteroatoms. The van der Waals surface area contributed by atoms with Crippen molar-refractivity contribution in [3.8, 4) is 20.9 Å². The molecule has 49 heavy (non-hydrogen) atoms. The summed E-state index contributed by atoms with van der Waals surface area (Å²) < 4.78 is 9.83. The van der Waals surface area contributed by atoms with Crippen LogP contribution in [-0.2, 0) is 12.8 Å². The summed E-state index contributed by atoms with van der Waals surface area (Å²) in [7, 11) is 0. The molecule has 1 aliphatic heterocycles. The van der Waals surface area contributed by atoms with Gasteiger partial charge in [-0.05, 0) is 106 Å². The molecule has 4 heterocycles. The van der Waals surface area contributed by atoms with Gasteiger partial charge in [0, 0.05) is 47.9 Å². The van der Waals surface area contributed by atoms with Crippen molar-refractivity contribution >= 4 is 62.3 Å². The Morgan fingerprint density at radius 1 is 0.735 bits per heavy atom. The van der Waals surface area contributed by atoms with Crippen molar-refractivity contribution in [2.45, 2.75) is 124 Å². The molecule has 0 radical (unpaired) electrons. The minimum atomic E-state index is 0.384. The summed E-state index contributed by atoms with van der Waals surface area (Å²) in [6, 6.07) is 17.4. The molecule has 2 aliphatic rings. The molecule has 1 atom stereocenters. The second-order valence-electron chi connectivity index (χ2n) is 14.5. The number of fused-ring (bicyclic) bond motifs is 4. The molecule has 3 nitrogen and oxygen atoms in total. The number of nitrogens with zero attached hydrogens (tertiary/aromatic N) is 3. The number of rotatable bonds is 14. The van der Waals surface area contributed by atoms with E-state index in [0.717, 1.165) is 23.9 Å². The number of benzene rings is 2. The Balaban J connectivity index is 1.23. The fourth-order valence-corrected chi connectivity index (χ4v) is 10.9. The summed E-state index contributed by atoms with van der Waals surface area (Å²) in [5.41, 5.74) is 14.7. The highest BCUT2D eigenvalue weighted by Crippen LogP contribution is 2.50. The molecule has 0 amide bonds. The molecule has 0 N–H and O–H groups in total. The van der Waals surface area contributed by atoms with E-state index in [9.17, 15) is 0 Å². The van der Waals surface area contributed by atoms with Crippen molar-refractivity contribution in [2.24, 2.45) is 0 Å². The van der Waals surface area contributed by atoms with Crippen LogP contribution < -0.4 is 4.90 Å². The third-order valence-electron chi connectivity index (χ3n) is 10.5. The van der Waals surface area contributed by atoms with Crippen molar-refractivity contribution in [2.75, 3.05) is 4.90 Å². The van der Waals surface area contributed by atoms with E-state index in [4.69, 9.17) is 8.75 Å². The molecular weight excluding hydrogens is 655 g/mol. The summed E-state index contributed by atoms with van der Waals surface area (Å²) in [4.78, 5) is 8.23. The first kappa shape index (κ1) is 34.4. The number of unbranched alkanes of at least 4 members (excludes halogenated alkanes) is 6. The van der Waals surface area contributed by atoms with Crippen molar-refractivity contribution in [1.29, 1.82) is 0 Å². The van der Waals surface area contributed by atoms with Gasteiger partial charge in [-0.15, -0.1) is 22.7 Å². The number of aryl methyl sites for hydroxylation is 4. The molecule has 0 saturated carbocycles. The van der Waals surface area contributed by atoms with E-state index in [0.29, 0.717) is 12.1 Å². The van der Waals surface area contributed by atoms with Crippen LogP contribution in [0.5, 0.6) is 0 Å². The third kappa shape index (κ3) is 6.86. The van der Waals surface area contributed by atoms with Crippen LogP contribution >= 0.6 is 34.4 Å². The minimum Gasteiger partial charge on any atom is -0.361 e. The number of allylic oxidation sites excluding steroid dienone is 2. The van der Waals surface area contributed by atoms with Gasteiger partial charge in [0.05, 0.1) is 17.8 Å². The van der Waals surface area contributed by atoms with Crippen LogP contribution in [0.2, 0.25) is 0 Å². The van der Waals surface area contributed by atoms with Crippen molar-refractivity contribution in [1.82, 2.24) is 8.75 Å². The first-order valence-corrected chi connectivity index (χ1v) is 21.0. The van der Waals surface area contributed by atoms with Crippen LogP contribution in [0.15, 0.2) is 54.6 Å². The lowest BCUT2D eigenvalue weighted by Gasteiger charge is -2.34. The van der Waals surface area contributed by atoms with Gasteiger partial charge in [-0.3, -0.25) is 0 Å². The van der Waals surface area contributed by atoms with Gasteiger partial charge in [0.15, 0.2) is 0 Å². The molecule has 0 saturated heterocycles. The highest BCUT2D eigenvalue weighted by atomic mass is 32.1. The molecule has 7 rings (SSSR count). The second kappa shape index (κ2) is 15.0. The number of hydrogen-bond acceptors (Lipinski definition) is 6. The number of thiophene rings is 2. The first-order valence-electron chi connectivity index (χ1n) is 18.7. The van der Waals surface area contributed by atoms with Crippen LogP contribution in [0.3, 0.4) is 0 Å². The van der Waals surface area contributed by atoms with Gasteiger partial charge in [-0.25, -0.2) is 0 Å². The first-order chi connectivity index (χ1) is 23.9. The van der Waals surface area contributed by atoms with E-state index in [1.54, 1.807) is 0 Å². The Kier molecular flexibility index (Phi) is 10.6. The fourth-order valence-electron chi connectivity index (χ4n) is 7.95. The molecule has 1 aliphatic carbocycles. The summed E-state index contributed by atoms with van der Waals surface area (Å²) in [5, 5.41) is 0. The Morgan fingerprint density at radius 2 is 1.37 bits per heavy atom. The quantitative estimate of drug-likeness (QED) is 0.108. The molecule has 0 bridgehead atoms. The molecule has 1 unspecified atom stereocenters. The average molecular weight is 706 g/mol. The van der Waals surface area contributed by atoms with Gasteiger partial charge in [0.2, 0.25) is 0 Å². The average Bonchev–Trinajstić information content (AvgIpc) is 3.88. The molecule has 0 spiro atoms. The molecule has 2 aromatic carbocycles. The van der Waals surface area contributed by atoms with Crippen LogP contribution in [-0.4, -0.2) is 20.8 Å². The SMILES string of the molecule is CCCCCCc1cc(-c2ccc(-c3cc(CCCCCC)c(C4=CC=C5c6ccc(C)cc6N(C(C)C)C5C4)s3)c3nsnc23)sc1C. The van der Waals surface area contributed by atoms with Crippen LogP contribution in [0, 0.1) is 13.8 Å². The lowest BCUT2D eigenvalue weighted by molar-refractivity contribution is 0.642. The van der Waals surface area contributed by atoms with Crippen LogP contribution in [0.4, 0.5) is 5.69 Å². The van der Waals surface area contributed by atoms with E-state index in [1.165, 1.54) is 139 Å². The summed E-state index contributed by atoms with van der Waals surface area (Å²) in [5.74, 6) is 0. The number of anilines is 1. The Labute approximate surface area is 306 Å². The van der Waals surface area contributed by atoms with Gasteiger partial charge >= 0.3 is 0 Å². The second-order valence-corrected chi connectivity index (χ2v) is 17.3. The fraction of sp³-hybridized carbons (Fsp3) is 0.442. The predicted molar refractivity (Wildman–Crippen MR) is 218 cm³/mol. The third-order valence-corrected chi connectivity index (χ3v) is 13.5. The highest BCUT2D eigenvalue weighted by Gasteiger charge is 2.37. The Morgan fingerprint density at radius 3 is 2.04 bits per heavy atom.